The van der Waals surface area contributed by atoms with Gasteiger partial charge in [-0.2, -0.15) is 0 Å². The second-order valence-electron chi connectivity index (χ2n) is 6.12. The largest absolute Gasteiger partial charge is 0.440 e. The molecule has 0 amide bonds. The van der Waals surface area contributed by atoms with Crippen molar-refractivity contribution in [2.24, 2.45) is 0 Å². The molecule has 24 heavy (non-hydrogen) atoms. The maximum absolute atomic E-state index is 12.7. The summed E-state index contributed by atoms with van der Waals surface area (Å²) in [6.45, 7) is 3.90. The van der Waals surface area contributed by atoms with Crippen molar-refractivity contribution >= 4 is 16.9 Å². The third-order valence-corrected chi connectivity index (χ3v) is 4.44. The van der Waals surface area contributed by atoms with Gasteiger partial charge in [-0.1, -0.05) is 12.1 Å². The van der Waals surface area contributed by atoms with Gasteiger partial charge in [0.2, 0.25) is 0 Å². The molecule has 0 fully saturated rings. The fourth-order valence-electron chi connectivity index (χ4n) is 3.18. The molecule has 0 bridgehead atoms. The molecule has 3 heterocycles. The Balaban J connectivity index is 1.66. The van der Waals surface area contributed by atoms with Crippen molar-refractivity contribution < 1.29 is 4.42 Å². The quantitative estimate of drug-likeness (QED) is 0.777. The number of anilines is 1. The lowest BCUT2D eigenvalue weighted by Gasteiger charge is -2.27. The molecule has 1 aromatic carbocycles. The summed E-state index contributed by atoms with van der Waals surface area (Å²) in [6.07, 6.45) is 2.72. The summed E-state index contributed by atoms with van der Waals surface area (Å²) >= 11 is 0. The Morgan fingerprint density at radius 2 is 2.17 bits per heavy atom. The number of hydrogen-bond donors (Lipinski definition) is 1. The Kier molecular flexibility index (Phi) is 3.54. The number of rotatable bonds is 2. The summed E-state index contributed by atoms with van der Waals surface area (Å²) in [5.41, 5.74) is 9.19. The number of fused-ring (bicyclic) bond motifs is 2. The summed E-state index contributed by atoms with van der Waals surface area (Å²) in [4.78, 5) is 23.7. The average Bonchev–Trinajstić information content (AvgIpc) is 2.58. The molecule has 0 saturated heterocycles. The van der Waals surface area contributed by atoms with Crippen LogP contribution in [-0.2, 0) is 19.5 Å². The van der Waals surface area contributed by atoms with E-state index >= 15 is 0 Å². The minimum atomic E-state index is -0.0553. The van der Waals surface area contributed by atoms with Gasteiger partial charge in [0.05, 0.1) is 10.9 Å². The highest BCUT2D eigenvalue weighted by molar-refractivity contribution is 5.78. The van der Waals surface area contributed by atoms with Gasteiger partial charge in [0.1, 0.15) is 11.4 Å². The molecule has 2 aromatic heterocycles. The van der Waals surface area contributed by atoms with Crippen LogP contribution in [0, 0.1) is 6.92 Å². The highest BCUT2D eigenvalue weighted by Crippen LogP contribution is 2.22. The Morgan fingerprint density at radius 3 is 3.04 bits per heavy atom. The van der Waals surface area contributed by atoms with Gasteiger partial charge in [-0.05, 0) is 19.1 Å². The van der Waals surface area contributed by atoms with E-state index in [-0.39, 0.29) is 11.3 Å². The number of aryl methyl sites for hydroxylation is 1. The molecule has 0 aliphatic carbocycles. The van der Waals surface area contributed by atoms with Gasteiger partial charge in [-0.3, -0.25) is 9.69 Å². The average molecular weight is 322 g/mol. The molecule has 0 spiro atoms. The van der Waals surface area contributed by atoms with Gasteiger partial charge in [-0.25, -0.2) is 9.97 Å². The Bertz CT molecular complexity index is 980. The minimum Gasteiger partial charge on any atom is -0.440 e. The van der Waals surface area contributed by atoms with Crippen LogP contribution in [0.15, 0.2) is 39.7 Å². The van der Waals surface area contributed by atoms with E-state index in [0.717, 1.165) is 30.0 Å². The first-order chi connectivity index (χ1) is 11.6. The molecular formula is C18H18N4O2. The van der Waals surface area contributed by atoms with Gasteiger partial charge in [0.15, 0.2) is 11.3 Å². The van der Waals surface area contributed by atoms with Crippen LogP contribution < -0.4 is 11.2 Å². The Morgan fingerprint density at radius 1 is 1.33 bits per heavy atom. The van der Waals surface area contributed by atoms with Gasteiger partial charge >= 0.3 is 0 Å². The number of benzene rings is 1. The van der Waals surface area contributed by atoms with Crippen molar-refractivity contribution in [3.63, 3.8) is 0 Å². The van der Waals surface area contributed by atoms with E-state index in [1.165, 1.54) is 0 Å². The highest BCUT2D eigenvalue weighted by atomic mass is 16.3. The van der Waals surface area contributed by atoms with Crippen molar-refractivity contribution in [2.45, 2.75) is 26.4 Å². The lowest BCUT2D eigenvalue weighted by Crippen LogP contribution is -2.33. The van der Waals surface area contributed by atoms with Crippen LogP contribution in [0.5, 0.6) is 0 Å². The molecule has 0 radical (unpaired) electrons. The molecule has 2 N–H and O–H groups in total. The zero-order valence-electron chi connectivity index (χ0n) is 13.5. The standard InChI is InChI=1S/C18H18N4O2/c1-11-20-8-12-9-22(7-6-15(12)21-11)10-14-17(23)13-4-2-3-5-16(13)24-18(14)19/h2-5,8H,6-7,9-10,19H2,1H3. The lowest BCUT2D eigenvalue weighted by atomic mass is 10.1. The number of aromatic nitrogens is 2. The van der Waals surface area contributed by atoms with Crippen LogP contribution in [0.2, 0.25) is 0 Å². The molecule has 4 rings (SSSR count). The zero-order chi connectivity index (χ0) is 16.7. The van der Waals surface area contributed by atoms with E-state index in [4.69, 9.17) is 10.2 Å². The fourth-order valence-corrected chi connectivity index (χ4v) is 3.18. The molecular weight excluding hydrogens is 304 g/mol. The summed E-state index contributed by atoms with van der Waals surface area (Å²) in [6, 6.07) is 7.18. The van der Waals surface area contributed by atoms with Crippen LogP contribution in [0.4, 0.5) is 5.88 Å². The number of hydrogen-bond acceptors (Lipinski definition) is 6. The molecule has 0 saturated carbocycles. The summed E-state index contributed by atoms with van der Waals surface area (Å²) in [5, 5.41) is 0.568. The molecule has 6 heteroatoms. The first-order valence-electron chi connectivity index (χ1n) is 7.96. The number of para-hydroxylation sites is 1. The molecule has 122 valence electrons. The van der Waals surface area contributed by atoms with Gasteiger partial charge in [-0.15, -0.1) is 0 Å². The second-order valence-corrected chi connectivity index (χ2v) is 6.12. The first kappa shape index (κ1) is 14.8. The van der Waals surface area contributed by atoms with Crippen molar-refractivity contribution in [1.82, 2.24) is 14.9 Å². The third kappa shape index (κ3) is 2.55. The molecule has 1 aliphatic rings. The minimum absolute atomic E-state index is 0.0553. The molecule has 6 nitrogen and oxygen atoms in total. The van der Waals surface area contributed by atoms with Crippen LogP contribution >= 0.6 is 0 Å². The molecule has 0 unspecified atom stereocenters. The summed E-state index contributed by atoms with van der Waals surface area (Å²) in [7, 11) is 0. The topological polar surface area (TPSA) is 85.2 Å². The van der Waals surface area contributed by atoms with E-state index in [1.54, 1.807) is 12.1 Å². The predicted octanol–water partition coefficient (Wildman–Crippen LogP) is 2.03. The third-order valence-electron chi connectivity index (χ3n) is 4.44. The number of nitrogens with two attached hydrogens (primary N) is 1. The Hall–Kier alpha value is -2.73. The number of nitrogen functional groups attached to an aromatic ring is 1. The second kappa shape index (κ2) is 5.72. The van der Waals surface area contributed by atoms with Crippen molar-refractivity contribution in [3.8, 4) is 0 Å². The number of nitrogens with zero attached hydrogens (tertiary/aromatic N) is 3. The molecule has 3 aromatic rings. The van der Waals surface area contributed by atoms with Gasteiger partial charge < -0.3 is 10.2 Å². The summed E-state index contributed by atoms with van der Waals surface area (Å²) < 4.78 is 5.63. The van der Waals surface area contributed by atoms with E-state index in [0.29, 0.717) is 29.6 Å². The maximum Gasteiger partial charge on any atom is 0.199 e. The van der Waals surface area contributed by atoms with Crippen LogP contribution in [0.25, 0.3) is 11.0 Å². The van der Waals surface area contributed by atoms with Crippen LogP contribution in [0.1, 0.15) is 22.6 Å². The molecule has 1 aliphatic heterocycles. The van der Waals surface area contributed by atoms with E-state index in [2.05, 4.69) is 14.9 Å². The van der Waals surface area contributed by atoms with Crippen LogP contribution in [0.3, 0.4) is 0 Å². The molecule has 0 atom stereocenters. The smallest absolute Gasteiger partial charge is 0.199 e. The Labute approximate surface area is 138 Å². The van der Waals surface area contributed by atoms with Crippen LogP contribution in [-0.4, -0.2) is 21.4 Å². The first-order valence-corrected chi connectivity index (χ1v) is 7.96. The van der Waals surface area contributed by atoms with E-state index in [9.17, 15) is 4.79 Å². The fraction of sp³-hybridized carbons (Fsp3) is 0.278. The SMILES string of the molecule is Cc1ncc2c(n1)CCN(Cc1c(N)oc3ccccc3c1=O)C2. The van der Waals surface area contributed by atoms with Crippen molar-refractivity contribution in [2.75, 3.05) is 12.3 Å². The van der Waals surface area contributed by atoms with Gasteiger partial charge in [0.25, 0.3) is 0 Å². The monoisotopic (exact) mass is 322 g/mol. The highest BCUT2D eigenvalue weighted by Gasteiger charge is 2.21. The summed E-state index contributed by atoms with van der Waals surface area (Å²) in [5.74, 6) is 0.992. The van der Waals surface area contributed by atoms with E-state index in [1.807, 2.05) is 25.3 Å². The lowest BCUT2D eigenvalue weighted by molar-refractivity contribution is 0.241. The predicted molar refractivity (Wildman–Crippen MR) is 91.5 cm³/mol. The van der Waals surface area contributed by atoms with E-state index < -0.39 is 0 Å². The van der Waals surface area contributed by atoms with Crippen molar-refractivity contribution in [1.29, 1.82) is 0 Å². The van der Waals surface area contributed by atoms with Crippen molar-refractivity contribution in [3.05, 3.63) is 63.3 Å². The zero-order valence-corrected chi connectivity index (χ0v) is 13.5. The van der Waals surface area contributed by atoms with Gasteiger partial charge in [0, 0.05) is 43.5 Å². The normalized spacial score (nSPS) is 14.7. The maximum atomic E-state index is 12.7.